The average molecular weight is 436 g/mol. The summed E-state index contributed by atoms with van der Waals surface area (Å²) in [6, 6.07) is 4.70. The molecule has 6 nitrogen and oxygen atoms in total. The van der Waals surface area contributed by atoms with Gasteiger partial charge in [-0.05, 0) is 44.1 Å². The Morgan fingerprint density at radius 3 is 2.65 bits per heavy atom. The number of ether oxygens (including phenoxy) is 1. The minimum absolute atomic E-state index is 0.0137. The molecule has 1 fully saturated rings. The molecule has 166 valence electrons. The minimum atomic E-state index is -4.46. The second-order valence-corrected chi connectivity index (χ2v) is 7.57. The Labute approximate surface area is 176 Å². The van der Waals surface area contributed by atoms with Crippen molar-refractivity contribution in [1.29, 1.82) is 0 Å². The highest BCUT2D eigenvalue weighted by Gasteiger charge is 2.33. The van der Waals surface area contributed by atoms with Gasteiger partial charge in [-0.25, -0.2) is 14.4 Å². The molecular formula is C21H23F4N5O. The monoisotopic (exact) mass is 436 g/mol. The predicted molar refractivity (Wildman–Crippen MR) is 107 cm³/mol. The number of methoxy groups -OCH3 is 1. The molecule has 0 bridgehead atoms. The van der Waals surface area contributed by atoms with Crippen molar-refractivity contribution in [2.75, 3.05) is 26.9 Å². The third-order valence-electron chi connectivity index (χ3n) is 5.68. The number of hydrogen-bond donors (Lipinski definition) is 0. The Morgan fingerprint density at radius 2 is 1.97 bits per heavy atom. The molecule has 0 atom stereocenters. The van der Waals surface area contributed by atoms with Crippen LogP contribution in [0.25, 0.3) is 11.2 Å². The van der Waals surface area contributed by atoms with Crippen LogP contribution < -0.4 is 4.74 Å². The molecule has 0 saturated carbocycles. The minimum Gasteiger partial charge on any atom is -0.495 e. The smallest absolute Gasteiger partial charge is 0.418 e. The Morgan fingerprint density at radius 1 is 1.19 bits per heavy atom. The molecule has 31 heavy (non-hydrogen) atoms. The summed E-state index contributed by atoms with van der Waals surface area (Å²) < 4.78 is 59.0. The van der Waals surface area contributed by atoms with Crippen LogP contribution in [0.1, 0.15) is 35.8 Å². The lowest BCUT2D eigenvalue weighted by Crippen LogP contribution is -2.33. The number of imidazole rings is 1. The molecule has 4 heterocycles. The van der Waals surface area contributed by atoms with E-state index in [9.17, 15) is 17.6 Å². The molecule has 1 saturated heterocycles. The normalized spacial score (nSPS) is 16.2. The Hall–Kier alpha value is -2.75. The van der Waals surface area contributed by atoms with Gasteiger partial charge in [-0.15, -0.1) is 0 Å². The van der Waals surface area contributed by atoms with Crippen molar-refractivity contribution in [3.63, 3.8) is 0 Å². The standard InChI is InChI=1S/C21H23F4N5O/c1-31-17-11-15(21(23,24)25)12-27-19(17)14-4-8-29(9-5-14)13-18-28-20-16(3-2-7-26-20)30(18)10-6-22/h2-3,7,11-12,14H,4-6,8-10,13H2,1H3/i1-1. The van der Waals surface area contributed by atoms with E-state index in [0.29, 0.717) is 17.9 Å². The second kappa shape index (κ2) is 8.78. The molecule has 0 aliphatic carbocycles. The highest BCUT2D eigenvalue weighted by atomic mass is 19.4. The molecule has 0 amide bonds. The fraction of sp³-hybridized carbons (Fsp3) is 0.476. The lowest BCUT2D eigenvalue weighted by molar-refractivity contribution is -0.138. The van der Waals surface area contributed by atoms with Crippen LogP contribution in [0.3, 0.4) is 0 Å². The first-order valence-electron chi connectivity index (χ1n) is 10.1. The molecule has 1 aliphatic heterocycles. The van der Waals surface area contributed by atoms with E-state index in [1.165, 1.54) is 7.11 Å². The lowest BCUT2D eigenvalue weighted by atomic mass is 9.92. The van der Waals surface area contributed by atoms with Crippen molar-refractivity contribution < 1.29 is 22.3 Å². The van der Waals surface area contributed by atoms with E-state index in [-0.39, 0.29) is 18.2 Å². The Balaban J connectivity index is 1.46. The molecule has 1 aliphatic rings. The van der Waals surface area contributed by atoms with Crippen molar-refractivity contribution in [3.8, 4) is 5.75 Å². The average Bonchev–Trinajstić information content (AvgIpc) is 3.10. The van der Waals surface area contributed by atoms with E-state index in [0.717, 1.165) is 49.5 Å². The summed E-state index contributed by atoms with van der Waals surface area (Å²) in [6.07, 6.45) is -0.458. The number of aryl methyl sites for hydroxylation is 1. The number of alkyl halides is 4. The fourth-order valence-corrected chi connectivity index (χ4v) is 4.11. The van der Waals surface area contributed by atoms with Gasteiger partial charge in [0.15, 0.2) is 5.65 Å². The summed E-state index contributed by atoms with van der Waals surface area (Å²) in [6.45, 7) is 1.74. The lowest BCUT2D eigenvalue weighted by Gasteiger charge is -2.32. The Bertz CT molecular complexity index is 1040. The molecule has 3 aromatic heterocycles. The summed E-state index contributed by atoms with van der Waals surface area (Å²) in [4.78, 5) is 15.1. The maximum atomic E-state index is 13.1. The van der Waals surface area contributed by atoms with Gasteiger partial charge in [-0.3, -0.25) is 9.88 Å². The molecule has 0 aromatic carbocycles. The van der Waals surface area contributed by atoms with Crippen molar-refractivity contribution in [2.24, 2.45) is 0 Å². The van der Waals surface area contributed by atoms with Gasteiger partial charge < -0.3 is 9.30 Å². The molecule has 0 unspecified atom stereocenters. The molecule has 0 N–H and O–H groups in total. The van der Waals surface area contributed by atoms with Crippen LogP contribution in [-0.4, -0.2) is 51.3 Å². The number of pyridine rings is 2. The SMILES string of the molecule is [11CH3]Oc1cc(C(F)(F)F)cnc1C1CCN(Cc2nc3ncccc3n2CCF)CC1. The quantitative estimate of drug-likeness (QED) is 0.542. The van der Waals surface area contributed by atoms with Gasteiger partial charge in [-0.1, -0.05) is 0 Å². The van der Waals surface area contributed by atoms with E-state index >= 15 is 0 Å². The number of rotatable bonds is 6. The van der Waals surface area contributed by atoms with Crippen LogP contribution in [0.4, 0.5) is 17.6 Å². The van der Waals surface area contributed by atoms with Gasteiger partial charge >= 0.3 is 6.18 Å². The van der Waals surface area contributed by atoms with Crippen LogP contribution in [0.2, 0.25) is 0 Å². The Kier molecular flexibility index (Phi) is 6.08. The number of fused-ring (bicyclic) bond motifs is 1. The third-order valence-corrected chi connectivity index (χ3v) is 5.68. The highest BCUT2D eigenvalue weighted by Crippen LogP contribution is 2.37. The fourth-order valence-electron chi connectivity index (χ4n) is 4.11. The van der Waals surface area contributed by atoms with Crippen molar-refractivity contribution in [2.45, 2.75) is 38.0 Å². The van der Waals surface area contributed by atoms with E-state index < -0.39 is 18.4 Å². The predicted octanol–water partition coefficient (Wildman–Crippen LogP) is 4.20. The molecule has 10 heteroatoms. The first-order valence-corrected chi connectivity index (χ1v) is 10.1. The number of hydrogen-bond acceptors (Lipinski definition) is 5. The third kappa shape index (κ3) is 4.48. The summed E-state index contributed by atoms with van der Waals surface area (Å²) in [5.74, 6) is 0.943. The maximum Gasteiger partial charge on any atom is 0.418 e. The summed E-state index contributed by atoms with van der Waals surface area (Å²) >= 11 is 0. The summed E-state index contributed by atoms with van der Waals surface area (Å²) in [5.41, 5.74) is 1.15. The van der Waals surface area contributed by atoms with E-state index in [2.05, 4.69) is 19.9 Å². The van der Waals surface area contributed by atoms with Gasteiger partial charge in [0.2, 0.25) is 0 Å². The van der Waals surface area contributed by atoms with Gasteiger partial charge in [0.25, 0.3) is 0 Å². The van der Waals surface area contributed by atoms with Crippen molar-refractivity contribution >= 4 is 11.2 Å². The molecule has 4 rings (SSSR count). The van der Waals surface area contributed by atoms with E-state index in [1.54, 1.807) is 12.3 Å². The van der Waals surface area contributed by atoms with Crippen LogP contribution in [0, 0.1) is 0 Å². The van der Waals surface area contributed by atoms with E-state index in [4.69, 9.17) is 4.74 Å². The van der Waals surface area contributed by atoms with E-state index in [1.807, 2.05) is 10.6 Å². The van der Waals surface area contributed by atoms with Gasteiger partial charge in [0, 0.05) is 18.3 Å². The number of likely N-dealkylation sites (tertiary alicyclic amines) is 1. The zero-order chi connectivity index (χ0) is 22.0. The van der Waals surface area contributed by atoms with Crippen LogP contribution in [0.15, 0.2) is 30.6 Å². The number of nitrogens with zero attached hydrogens (tertiary/aromatic N) is 5. The van der Waals surface area contributed by atoms with Gasteiger partial charge in [0.1, 0.15) is 18.2 Å². The van der Waals surface area contributed by atoms with Crippen LogP contribution >= 0.6 is 0 Å². The number of aromatic nitrogens is 4. The first kappa shape index (κ1) is 21.5. The zero-order valence-corrected chi connectivity index (χ0v) is 17.1. The first-order chi connectivity index (χ1) is 14.9. The van der Waals surface area contributed by atoms with Crippen molar-refractivity contribution in [3.05, 3.63) is 47.7 Å². The number of piperidine rings is 1. The maximum absolute atomic E-state index is 13.1. The van der Waals surface area contributed by atoms with Crippen LogP contribution in [0.5, 0.6) is 5.75 Å². The highest BCUT2D eigenvalue weighted by molar-refractivity contribution is 5.71. The van der Waals surface area contributed by atoms with Gasteiger partial charge in [0.05, 0.1) is 37.0 Å². The summed E-state index contributed by atoms with van der Waals surface area (Å²) in [7, 11) is 1.36. The van der Waals surface area contributed by atoms with Crippen molar-refractivity contribution in [1.82, 2.24) is 24.4 Å². The van der Waals surface area contributed by atoms with Crippen LogP contribution in [-0.2, 0) is 19.3 Å². The molecule has 0 radical (unpaired) electrons. The number of halogens is 4. The van der Waals surface area contributed by atoms with Gasteiger partial charge in [-0.2, -0.15) is 13.2 Å². The largest absolute Gasteiger partial charge is 0.495 e. The molecular weight excluding hydrogens is 413 g/mol. The zero-order valence-electron chi connectivity index (χ0n) is 17.1. The second-order valence-electron chi connectivity index (χ2n) is 7.57. The molecule has 0 spiro atoms. The topological polar surface area (TPSA) is 56.1 Å². The molecule has 3 aromatic rings. The summed E-state index contributed by atoms with van der Waals surface area (Å²) in [5, 5.41) is 0.